The summed E-state index contributed by atoms with van der Waals surface area (Å²) in [6.45, 7) is 0. The number of hydrogen-bond acceptors (Lipinski definition) is 4. The lowest BCUT2D eigenvalue weighted by Crippen LogP contribution is -2.36. The fourth-order valence-electron chi connectivity index (χ4n) is 11.6. The summed E-state index contributed by atoms with van der Waals surface area (Å²) in [6, 6.07) is 94.9. The Morgan fingerprint density at radius 2 is 0.899 bits per heavy atom. The van der Waals surface area contributed by atoms with Crippen LogP contribution in [0.3, 0.4) is 0 Å². The molecule has 0 N–H and O–H groups in total. The molecule has 0 unspecified atom stereocenters. The summed E-state index contributed by atoms with van der Waals surface area (Å²) in [6.07, 6.45) is 0. The second-order valence-electron chi connectivity index (χ2n) is 18.0. The molecule has 4 heteroatoms. The Kier molecular flexibility index (Phi) is 8.77. The number of fused-ring (bicyclic) bond motifs is 13. The first-order valence-electron chi connectivity index (χ1n) is 23.7. The maximum Gasteiger partial charge on any atom is 0.137 e. The van der Waals surface area contributed by atoms with Crippen molar-refractivity contribution in [2.75, 3.05) is 14.7 Å². The Bertz CT molecular complexity index is 3850. The van der Waals surface area contributed by atoms with Crippen LogP contribution < -0.4 is 14.7 Å². The third kappa shape index (κ3) is 5.82. The largest absolute Gasteiger partial charge is 0.456 e. The third-order valence-electron chi connectivity index (χ3n) is 14.4. The lowest BCUT2D eigenvalue weighted by atomic mass is 9.64. The number of hydrogen-bond donors (Lipinski definition) is 0. The Morgan fingerprint density at radius 1 is 0.348 bits per heavy atom. The van der Waals surface area contributed by atoms with E-state index in [1.54, 1.807) is 0 Å². The SMILES string of the molecule is c1ccc(N(c2ccccc2)c2ccc3oc4ccccc4c3c2N(c2ccccc2)c2ccc3c(c2)N(c2ccc4ccccc4c2)c2ccccc2C32c3ccccc3-c3ccccc32)cc1. The van der Waals surface area contributed by atoms with Crippen molar-refractivity contribution in [3.63, 3.8) is 0 Å². The molecule has 4 nitrogen and oxygen atoms in total. The van der Waals surface area contributed by atoms with Gasteiger partial charge in [0.15, 0.2) is 0 Å². The molecule has 1 spiro atoms. The van der Waals surface area contributed by atoms with Gasteiger partial charge in [0.1, 0.15) is 11.2 Å². The number of nitrogens with zero attached hydrogens (tertiary/aromatic N) is 3. The molecule has 1 aliphatic heterocycles. The average molecular weight is 882 g/mol. The summed E-state index contributed by atoms with van der Waals surface area (Å²) >= 11 is 0. The highest BCUT2D eigenvalue weighted by Crippen LogP contribution is 2.64. The molecule has 0 bridgehead atoms. The van der Waals surface area contributed by atoms with Crippen LogP contribution in [0.2, 0.25) is 0 Å². The number of para-hydroxylation sites is 5. The standard InChI is InChI=1S/C65H43N3O/c1-4-22-46(23-5-1)66(47-24-6-2-7-25-47)59-40-41-62-63(53-30-14-19-35-61(53)69-62)64(59)67(48-26-8-3-9-27-48)50-38-39-57-60(43-50)68(49-37-36-44-20-10-11-21-45(44)42-49)58-34-18-17-33-56(58)65(57)54-31-15-12-28-51(54)52-29-13-16-32-55(52)65/h1-43H. The van der Waals surface area contributed by atoms with Crippen molar-refractivity contribution in [2.45, 2.75) is 5.41 Å². The van der Waals surface area contributed by atoms with Crippen molar-refractivity contribution in [2.24, 2.45) is 0 Å². The van der Waals surface area contributed by atoms with Crippen LogP contribution in [0.1, 0.15) is 22.3 Å². The minimum absolute atomic E-state index is 0.591. The highest BCUT2D eigenvalue weighted by molar-refractivity contribution is 6.18. The molecule has 11 aromatic carbocycles. The molecule has 1 aromatic heterocycles. The molecule has 0 amide bonds. The number of benzene rings is 11. The van der Waals surface area contributed by atoms with Gasteiger partial charge in [-0.2, -0.15) is 0 Å². The smallest absolute Gasteiger partial charge is 0.137 e. The van der Waals surface area contributed by atoms with Crippen molar-refractivity contribution in [1.82, 2.24) is 0 Å². The molecule has 1 aliphatic carbocycles. The number of anilines is 9. The average Bonchev–Trinajstić information content (AvgIpc) is 3.94. The van der Waals surface area contributed by atoms with E-state index in [2.05, 4.69) is 276 Å². The highest BCUT2D eigenvalue weighted by Gasteiger charge is 2.51. The van der Waals surface area contributed by atoms with Gasteiger partial charge in [0.25, 0.3) is 0 Å². The number of rotatable bonds is 7. The van der Waals surface area contributed by atoms with Crippen LogP contribution in [0, 0.1) is 0 Å². The van der Waals surface area contributed by atoms with Crippen LogP contribution in [-0.2, 0) is 5.41 Å². The molecule has 2 heterocycles. The van der Waals surface area contributed by atoms with E-state index in [0.29, 0.717) is 0 Å². The second-order valence-corrected chi connectivity index (χ2v) is 18.0. The van der Waals surface area contributed by atoms with Crippen LogP contribution in [0.25, 0.3) is 43.8 Å². The van der Waals surface area contributed by atoms with E-state index in [4.69, 9.17) is 4.42 Å². The van der Waals surface area contributed by atoms with E-state index >= 15 is 0 Å². The van der Waals surface area contributed by atoms with Gasteiger partial charge < -0.3 is 19.1 Å². The predicted molar refractivity (Wildman–Crippen MR) is 286 cm³/mol. The minimum Gasteiger partial charge on any atom is -0.456 e. The summed E-state index contributed by atoms with van der Waals surface area (Å²) in [5, 5.41) is 4.49. The maximum absolute atomic E-state index is 6.78. The highest BCUT2D eigenvalue weighted by atomic mass is 16.3. The van der Waals surface area contributed by atoms with Crippen molar-refractivity contribution in [1.29, 1.82) is 0 Å². The van der Waals surface area contributed by atoms with Crippen LogP contribution in [0.5, 0.6) is 0 Å². The fourth-order valence-corrected chi connectivity index (χ4v) is 11.6. The normalized spacial score (nSPS) is 13.0. The molecule has 14 rings (SSSR count). The van der Waals surface area contributed by atoms with Crippen LogP contribution in [0.4, 0.5) is 51.2 Å². The van der Waals surface area contributed by atoms with Gasteiger partial charge in [-0.15, -0.1) is 0 Å². The fraction of sp³-hybridized carbons (Fsp3) is 0.0154. The zero-order valence-corrected chi connectivity index (χ0v) is 37.6. The van der Waals surface area contributed by atoms with E-state index in [9.17, 15) is 0 Å². The van der Waals surface area contributed by atoms with Gasteiger partial charge in [-0.1, -0.05) is 176 Å². The van der Waals surface area contributed by atoms with E-state index in [0.717, 1.165) is 73.1 Å². The summed E-state index contributed by atoms with van der Waals surface area (Å²) in [7, 11) is 0. The lowest BCUT2D eigenvalue weighted by Gasteiger charge is -2.45. The summed E-state index contributed by atoms with van der Waals surface area (Å²) in [4.78, 5) is 7.35. The molecule has 0 fully saturated rings. The minimum atomic E-state index is -0.591. The van der Waals surface area contributed by atoms with Crippen molar-refractivity contribution < 1.29 is 4.42 Å². The summed E-state index contributed by atoms with van der Waals surface area (Å²) in [5.74, 6) is 0. The first kappa shape index (κ1) is 39.1. The van der Waals surface area contributed by atoms with Gasteiger partial charge in [-0.3, -0.25) is 0 Å². The quantitative estimate of drug-likeness (QED) is 0.159. The van der Waals surface area contributed by atoms with Crippen molar-refractivity contribution >= 4 is 83.9 Å². The molecule has 2 aliphatic rings. The molecular formula is C65H43N3O. The van der Waals surface area contributed by atoms with Gasteiger partial charge >= 0.3 is 0 Å². The Balaban J connectivity index is 1.11. The van der Waals surface area contributed by atoms with E-state index in [1.165, 1.54) is 44.2 Å². The predicted octanol–water partition coefficient (Wildman–Crippen LogP) is 17.8. The molecule has 69 heavy (non-hydrogen) atoms. The first-order valence-corrected chi connectivity index (χ1v) is 23.7. The van der Waals surface area contributed by atoms with Crippen LogP contribution in [0.15, 0.2) is 265 Å². The van der Waals surface area contributed by atoms with E-state index in [1.807, 2.05) is 0 Å². The lowest BCUT2D eigenvalue weighted by molar-refractivity contribution is 0.669. The molecular weight excluding hydrogens is 839 g/mol. The summed E-state index contributed by atoms with van der Waals surface area (Å²) in [5.41, 5.74) is 18.2. The van der Waals surface area contributed by atoms with Gasteiger partial charge in [-0.05, 0) is 129 Å². The van der Waals surface area contributed by atoms with Crippen LogP contribution in [-0.4, -0.2) is 0 Å². The Hall–Kier alpha value is -9.12. The second kappa shape index (κ2) is 15.5. The topological polar surface area (TPSA) is 22.9 Å². The van der Waals surface area contributed by atoms with Crippen molar-refractivity contribution in [3.8, 4) is 11.1 Å². The van der Waals surface area contributed by atoms with Crippen molar-refractivity contribution in [3.05, 3.63) is 283 Å². The maximum atomic E-state index is 6.78. The molecule has 324 valence electrons. The Morgan fingerprint density at radius 3 is 1.59 bits per heavy atom. The first-order chi connectivity index (χ1) is 34.3. The zero-order chi connectivity index (χ0) is 45.5. The molecule has 0 atom stereocenters. The van der Waals surface area contributed by atoms with Crippen LogP contribution >= 0.6 is 0 Å². The van der Waals surface area contributed by atoms with Gasteiger partial charge in [0, 0.05) is 33.8 Å². The zero-order valence-electron chi connectivity index (χ0n) is 37.6. The van der Waals surface area contributed by atoms with E-state index in [-0.39, 0.29) is 0 Å². The summed E-state index contributed by atoms with van der Waals surface area (Å²) < 4.78 is 6.78. The third-order valence-corrected chi connectivity index (χ3v) is 14.4. The van der Waals surface area contributed by atoms with Gasteiger partial charge in [0.2, 0.25) is 0 Å². The van der Waals surface area contributed by atoms with Gasteiger partial charge in [-0.25, -0.2) is 0 Å². The Labute approximate surface area is 400 Å². The molecule has 0 saturated heterocycles. The van der Waals surface area contributed by atoms with Gasteiger partial charge in [0.05, 0.1) is 33.6 Å². The number of furan rings is 1. The molecule has 12 aromatic rings. The van der Waals surface area contributed by atoms with E-state index < -0.39 is 5.41 Å². The molecule has 0 saturated carbocycles. The monoisotopic (exact) mass is 881 g/mol. The molecule has 0 radical (unpaired) electrons.